The number of halogens is 1. The van der Waals surface area contributed by atoms with E-state index in [2.05, 4.69) is 54.5 Å². The van der Waals surface area contributed by atoms with Crippen LogP contribution in [0.3, 0.4) is 0 Å². The van der Waals surface area contributed by atoms with Crippen LogP contribution in [0.25, 0.3) is 11.0 Å². The van der Waals surface area contributed by atoms with E-state index in [4.69, 9.17) is 0 Å². The monoisotopic (exact) mass is 335 g/mol. The maximum atomic E-state index is 4.52. The summed E-state index contributed by atoms with van der Waals surface area (Å²) in [6, 6.07) is 6.22. The first-order chi connectivity index (χ1) is 9.29. The second-order valence-corrected chi connectivity index (χ2v) is 6.23. The summed E-state index contributed by atoms with van der Waals surface area (Å²) in [5.41, 5.74) is 2.34. The molecule has 3 rings (SSSR count). The normalized spacial score (nSPS) is 11.3. The predicted molar refractivity (Wildman–Crippen MR) is 83.6 cm³/mol. The van der Waals surface area contributed by atoms with Gasteiger partial charge in [0.15, 0.2) is 0 Å². The van der Waals surface area contributed by atoms with Crippen LogP contribution in [0.2, 0.25) is 0 Å². The zero-order chi connectivity index (χ0) is 13.2. The van der Waals surface area contributed by atoms with Gasteiger partial charge in [-0.15, -0.1) is 11.3 Å². The summed E-state index contributed by atoms with van der Waals surface area (Å²) in [5, 5.41) is 6.54. The molecule has 0 aliphatic carbocycles. The van der Waals surface area contributed by atoms with Gasteiger partial charge in [0.2, 0.25) is 0 Å². The molecule has 0 amide bonds. The summed E-state index contributed by atoms with van der Waals surface area (Å²) in [7, 11) is 1.97. The van der Waals surface area contributed by atoms with Crippen LogP contribution >= 0.6 is 27.3 Å². The molecule has 19 heavy (non-hydrogen) atoms. The molecule has 0 saturated carbocycles. The highest BCUT2D eigenvalue weighted by atomic mass is 79.9. The van der Waals surface area contributed by atoms with E-state index in [0.717, 1.165) is 18.7 Å². The number of rotatable bonds is 4. The van der Waals surface area contributed by atoms with Crippen molar-refractivity contribution in [2.24, 2.45) is 0 Å². The van der Waals surface area contributed by atoms with Crippen molar-refractivity contribution < 1.29 is 0 Å². The Labute approximate surface area is 124 Å². The number of hydrogen-bond acceptors (Lipinski definition) is 3. The average Bonchev–Trinajstić information content (AvgIpc) is 2.97. The molecule has 0 saturated heterocycles. The highest BCUT2D eigenvalue weighted by Gasteiger charge is 2.10. The third-order valence-corrected chi connectivity index (χ3v) is 5.00. The van der Waals surface area contributed by atoms with Crippen LogP contribution in [-0.4, -0.2) is 16.6 Å². The Morgan fingerprint density at radius 2 is 2.32 bits per heavy atom. The fraction of sp³-hybridized carbons (Fsp3) is 0.214. The molecule has 0 aromatic carbocycles. The van der Waals surface area contributed by atoms with Crippen LogP contribution in [0.15, 0.2) is 40.4 Å². The summed E-state index contributed by atoms with van der Waals surface area (Å²) >= 11 is 5.35. The molecule has 0 bridgehead atoms. The van der Waals surface area contributed by atoms with Crippen molar-refractivity contribution in [3.63, 3.8) is 0 Å². The Balaban J connectivity index is 2.06. The largest absolute Gasteiger partial charge is 0.327 e. The van der Waals surface area contributed by atoms with Gasteiger partial charge in [0, 0.05) is 33.7 Å². The van der Waals surface area contributed by atoms with Gasteiger partial charge >= 0.3 is 0 Å². The number of pyridine rings is 1. The van der Waals surface area contributed by atoms with Crippen molar-refractivity contribution in [3.8, 4) is 0 Å². The van der Waals surface area contributed by atoms with Crippen LogP contribution in [0.1, 0.15) is 10.4 Å². The maximum Gasteiger partial charge on any atom is 0.140 e. The number of thiophene rings is 1. The minimum Gasteiger partial charge on any atom is -0.327 e. The molecule has 5 heteroatoms. The summed E-state index contributed by atoms with van der Waals surface area (Å²) in [6.07, 6.45) is 4.05. The van der Waals surface area contributed by atoms with Crippen LogP contribution in [0, 0.1) is 0 Å². The minimum atomic E-state index is 0.857. The molecular weight excluding hydrogens is 322 g/mol. The Morgan fingerprint density at radius 1 is 1.42 bits per heavy atom. The second kappa shape index (κ2) is 5.45. The smallest absolute Gasteiger partial charge is 0.140 e. The number of nitrogens with zero attached hydrogens (tertiary/aromatic N) is 2. The topological polar surface area (TPSA) is 29.9 Å². The van der Waals surface area contributed by atoms with Crippen molar-refractivity contribution in [3.05, 3.63) is 50.9 Å². The van der Waals surface area contributed by atoms with E-state index in [0.29, 0.717) is 0 Å². The van der Waals surface area contributed by atoms with Crippen LogP contribution in [0.5, 0.6) is 0 Å². The minimum absolute atomic E-state index is 0.857. The predicted octanol–water partition coefficient (Wildman–Crippen LogP) is 3.63. The van der Waals surface area contributed by atoms with Crippen molar-refractivity contribution in [1.29, 1.82) is 0 Å². The molecule has 0 aliphatic rings. The van der Waals surface area contributed by atoms with E-state index in [1.54, 1.807) is 11.3 Å². The molecule has 0 atom stereocenters. The lowest BCUT2D eigenvalue weighted by Gasteiger charge is -2.03. The molecule has 98 valence electrons. The van der Waals surface area contributed by atoms with Gasteiger partial charge in [-0.05, 0) is 52.1 Å². The number of aromatic nitrogens is 2. The fourth-order valence-electron chi connectivity index (χ4n) is 2.24. The molecule has 1 N–H and O–H groups in total. The van der Waals surface area contributed by atoms with E-state index in [9.17, 15) is 0 Å². The molecule has 0 spiro atoms. The van der Waals surface area contributed by atoms with Crippen molar-refractivity contribution in [1.82, 2.24) is 14.9 Å². The summed E-state index contributed by atoms with van der Waals surface area (Å²) in [4.78, 5) is 5.84. The molecule has 3 aromatic heterocycles. The Bertz CT molecular complexity index is 702. The van der Waals surface area contributed by atoms with Crippen LogP contribution in [0.4, 0.5) is 0 Å². The van der Waals surface area contributed by atoms with Crippen LogP contribution in [-0.2, 0) is 13.1 Å². The molecule has 3 aromatic rings. The number of nitrogens with one attached hydrogen (secondary N) is 1. The first kappa shape index (κ1) is 12.8. The number of hydrogen-bond donors (Lipinski definition) is 1. The molecule has 0 radical (unpaired) electrons. The van der Waals surface area contributed by atoms with Gasteiger partial charge in [-0.1, -0.05) is 0 Å². The molecular formula is C14H14BrN3S. The fourth-order valence-corrected chi connectivity index (χ4v) is 3.72. The van der Waals surface area contributed by atoms with Crippen molar-refractivity contribution in [2.75, 3.05) is 7.05 Å². The lowest BCUT2D eigenvalue weighted by molar-refractivity contribution is 0.796. The summed E-state index contributed by atoms with van der Waals surface area (Å²) in [6.45, 7) is 1.72. The van der Waals surface area contributed by atoms with E-state index < -0.39 is 0 Å². The highest BCUT2D eigenvalue weighted by molar-refractivity contribution is 9.10. The van der Waals surface area contributed by atoms with Gasteiger partial charge in [0.05, 0.1) is 6.54 Å². The van der Waals surface area contributed by atoms with E-state index >= 15 is 0 Å². The van der Waals surface area contributed by atoms with Gasteiger partial charge in [-0.25, -0.2) is 4.98 Å². The lowest BCUT2D eigenvalue weighted by Crippen LogP contribution is -2.04. The molecule has 3 nitrogen and oxygen atoms in total. The van der Waals surface area contributed by atoms with E-state index in [1.807, 2.05) is 19.3 Å². The maximum absolute atomic E-state index is 4.52. The Hall–Kier alpha value is -1.17. The first-order valence-electron chi connectivity index (χ1n) is 6.09. The standard InChI is InChI=1S/C14H14BrN3S/c1-16-7-10-8-18(9-13-12(15)4-6-19-13)14-11(10)3-2-5-17-14/h2-6,8,16H,7,9H2,1H3. The molecule has 0 fully saturated rings. The van der Waals surface area contributed by atoms with Gasteiger partial charge < -0.3 is 9.88 Å². The van der Waals surface area contributed by atoms with Crippen molar-refractivity contribution in [2.45, 2.75) is 13.1 Å². The Kier molecular flexibility index (Phi) is 3.68. The second-order valence-electron chi connectivity index (χ2n) is 4.38. The average molecular weight is 336 g/mol. The third-order valence-electron chi connectivity index (χ3n) is 3.09. The molecule has 0 aliphatic heterocycles. The van der Waals surface area contributed by atoms with E-state index in [-0.39, 0.29) is 0 Å². The molecule has 0 unspecified atom stereocenters. The lowest BCUT2D eigenvalue weighted by atomic mass is 10.2. The first-order valence-corrected chi connectivity index (χ1v) is 7.76. The van der Waals surface area contributed by atoms with E-state index in [1.165, 1.54) is 20.3 Å². The quantitative estimate of drug-likeness (QED) is 0.789. The zero-order valence-corrected chi connectivity index (χ0v) is 13.0. The zero-order valence-electron chi connectivity index (χ0n) is 10.6. The summed E-state index contributed by atoms with van der Waals surface area (Å²) < 4.78 is 3.39. The SMILES string of the molecule is CNCc1cn(Cc2sccc2Br)c2ncccc12. The number of fused-ring (bicyclic) bond motifs is 1. The summed E-state index contributed by atoms with van der Waals surface area (Å²) in [5.74, 6) is 0. The highest BCUT2D eigenvalue weighted by Crippen LogP contribution is 2.26. The van der Waals surface area contributed by atoms with Crippen molar-refractivity contribution >= 4 is 38.3 Å². The third kappa shape index (κ3) is 2.45. The van der Waals surface area contributed by atoms with Gasteiger partial charge in [-0.2, -0.15) is 0 Å². The van der Waals surface area contributed by atoms with Crippen LogP contribution < -0.4 is 5.32 Å². The molecule has 3 heterocycles. The van der Waals surface area contributed by atoms with Gasteiger partial charge in [0.1, 0.15) is 5.65 Å². The van der Waals surface area contributed by atoms with Gasteiger partial charge in [0.25, 0.3) is 0 Å². The Morgan fingerprint density at radius 3 is 3.05 bits per heavy atom. The van der Waals surface area contributed by atoms with Gasteiger partial charge in [-0.3, -0.25) is 0 Å².